The van der Waals surface area contributed by atoms with Crippen LogP contribution in [0.25, 0.3) is 0 Å². The normalized spacial score (nSPS) is 11.3. The van der Waals surface area contributed by atoms with Crippen molar-refractivity contribution in [3.63, 3.8) is 0 Å². The Kier molecular flexibility index (Phi) is 4.96. The van der Waals surface area contributed by atoms with Crippen molar-refractivity contribution in [2.45, 2.75) is 13.3 Å². The molecule has 1 aromatic rings. The van der Waals surface area contributed by atoms with Crippen molar-refractivity contribution < 1.29 is 10.0 Å². The van der Waals surface area contributed by atoms with Gasteiger partial charge in [-0.3, -0.25) is 4.79 Å². The zero-order valence-corrected chi connectivity index (χ0v) is 11.0. The minimum atomic E-state index is -0.189. The van der Waals surface area contributed by atoms with Crippen molar-refractivity contribution in [1.29, 1.82) is 0 Å². The molecular formula is C11H14BrN3O2. The number of amidine groups is 1. The molecule has 4 N–H and O–H groups in total. The number of oxime groups is 1. The third-order valence-electron chi connectivity index (χ3n) is 2.16. The molecule has 0 aromatic heterocycles. The molecule has 0 spiro atoms. The summed E-state index contributed by atoms with van der Waals surface area (Å²) in [6, 6.07) is 5.54. The molecule has 0 bridgehead atoms. The summed E-state index contributed by atoms with van der Waals surface area (Å²) in [5, 5.41) is 13.9. The first-order valence-electron chi connectivity index (χ1n) is 5.05. The number of aryl methyl sites for hydroxylation is 1. The smallest absolute Gasteiger partial charge is 0.252 e. The van der Waals surface area contributed by atoms with E-state index in [9.17, 15) is 4.79 Å². The van der Waals surface area contributed by atoms with Gasteiger partial charge in [0.2, 0.25) is 0 Å². The molecule has 1 rings (SSSR count). The molecular weight excluding hydrogens is 286 g/mol. The minimum absolute atomic E-state index is 0.0913. The predicted octanol–water partition coefficient (Wildman–Crippen LogP) is 1.62. The molecule has 1 amide bonds. The van der Waals surface area contributed by atoms with Crippen LogP contribution in [0.2, 0.25) is 0 Å². The molecule has 5 nitrogen and oxygen atoms in total. The van der Waals surface area contributed by atoms with E-state index in [-0.39, 0.29) is 11.7 Å². The van der Waals surface area contributed by atoms with Crippen LogP contribution >= 0.6 is 15.9 Å². The van der Waals surface area contributed by atoms with E-state index in [4.69, 9.17) is 10.9 Å². The minimum Gasteiger partial charge on any atom is -0.409 e. The first-order valence-corrected chi connectivity index (χ1v) is 5.84. The number of carbonyl (C=O) groups is 1. The highest BCUT2D eigenvalue weighted by Crippen LogP contribution is 2.17. The largest absolute Gasteiger partial charge is 0.409 e. The lowest BCUT2D eigenvalue weighted by Gasteiger charge is -2.07. The van der Waals surface area contributed by atoms with E-state index < -0.39 is 0 Å². The van der Waals surface area contributed by atoms with Gasteiger partial charge in [0.25, 0.3) is 5.91 Å². The van der Waals surface area contributed by atoms with Gasteiger partial charge in [-0.15, -0.1) is 0 Å². The summed E-state index contributed by atoms with van der Waals surface area (Å²) in [4.78, 5) is 11.8. The van der Waals surface area contributed by atoms with Crippen molar-refractivity contribution in [3.05, 3.63) is 33.8 Å². The number of hydrogen-bond acceptors (Lipinski definition) is 3. The van der Waals surface area contributed by atoms with Crippen LogP contribution in [0.5, 0.6) is 0 Å². The first kappa shape index (κ1) is 13.5. The molecule has 0 saturated carbocycles. The molecule has 0 aliphatic rings. The van der Waals surface area contributed by atoms with E-state index >= 15 is 0 Å². The number of nitrogens with one attached hydrogen (secondary N) is 1. The number of carbonyl (C=O) groups excluding carboxylic acids is 1. The summed E-state index contributed by atoms with van der Waals surface area (Å²) in [5.74, 6) is -0.0973. The maximum atomic E-state index is 11.8. The Hall–Kier alpha value is -1.56. The lowest BCUT2D eigenvalue weighted by Crippen LogP contribution is -2.28. The average Bonchev–Trinajstić information content (AvgIpc) is 2.31. The van der Waals surface area contributed by atoms with Crippen molar-refractivity contribution in [2.75, 3.05) is 6.54 Å². The fourth-order valence-corrected chi connectivity index (χ4v) is 1.69. The summed E-state index contributed by atoms with van der Waals surface area (Å²) in [6.07, 6.45) is 0.311. The zero-order chi connectivity index (χ0) is 12.8. The first-order chi connectivity index (χ1) is 8.04. The molecule has 0 heterocycles. The van der Waals surface area contributed by atoms with Gasteiger partial charge in [0.15, 0.2) is 0 Å². The van der Waals surface area contributed by atoms with Crippen molar-refractivity contribution in [3.8, 4) is 0 Å². The molecule has 0 aliphatic carbocycles. The molecule has 0 unspecified atom stereocenters. The van der Waals surface area contributed by atoms with E-state index in [2.05, 4.69) is 26.4 Å². The fourth-order valence-electron chi connectivity index (χ4n) is 1.26. The Morgan fingerprint density at radius 1 is 1.59 bits per heavy atom. The summed E-state index contributed by atoms with van der Waals surface area (Å²) in [7, 11) is 0. The van der Waals surface area contributed by atoms with E-state index in [1.807, 2.05) is 19.1 Å². The van der Waals surface area contributed by atoms with E-state index in [1.165, 1.54) is 0 Å². The standard InChI is InChI=1S/C11H14BrN3O2/c1-7-2-3-9(12)8(6-7)11(16)14-5-4-10(13)15-17/h2-3,6,17H,4-5H2,1H3,(H2,13,15)(H,14,16). The van der Waals surface area contributed by atoms with Gasteiger partial charge in [-0.25, -0.2) is 0 Å². The third-order valence-corrected chi connectivity index (χ3v) is 2.85. The van der Waals surface area contributed by atoms with Gasteiger partial charge in [-0.05, 0) is 35.0 Å². The maximum Gasteiger partial charge on any atom is 0.252 e. The predicted molar refractivity (Wildman–Crippen MR) is 69.2 cm³/mol. The number of nitrogens with zero attached hydrogens (tertiary/aromatic N) is 1. The lowest BCUT2D eigenvalue weighted by molar-refractivity contribution is 0.0954. The average molecular weight is 300 g/mol. The second-order valence-electron chi connectivity index (χ2n) is 3.58. The Labute approximate surface area is 108 Å². The third kappa shape index (κ3) is 4.07. The van der Waals surface area contributed by atoms with E-state index in [0.717, 1.165) is 10.0 Å². The molecule has 0 radical (unpaired) electrons. The zero-order valence-electron chi connectivity index (χ0n) is 9.40. The van der Waals surface area contributed by atoms with Gasteiger partial charge >= 0.3 is 0 Å². The summed E-state index contributed by atoms with van der Waals surface area (Å²) < 4.78 is 0.740. The lowest BCUT2D eigenvalue weighted by atomic mass is 10.1. The molecule has 17 heavy (non-hydrogen) atoms. The summed E-state index contributed by atoms with van der Waals surface area (Å²) >= 11 is 3.32. The van der Waals surface area contributed by atoms with Crippen molar-refractivity contribution in [1.82, 2.24) is 5.32 Å². The Morgan fingerprint density at radius 3 is 2.94 bits per heavy atom. The highest BCUT2D eigenvalue weighted by molar-refractivity contribution is 9.10. The van der Waals surface area contributed by atoms with Gasteiger partial charge in [-0.1, -0.05) is 16.8 Å². The molecule has 0 aliphatic heterocycles. The molecule has 0 atom stereocenters. The second kappa shape index (κ2) is 6.24. The van der Waals surface area contributed by atoms with Crippen LogP contribution in [0.15, 0.2) is 27.8 Å². The Bertz CT molecular complexity index is 446. The number of benzene rings is 1. The monoisotopic (exact) mass is 299 g/mol. The summed E-state index contributed by atoms with van der Waals surface area (Å²) in [5.41, 5.74) is 6.87. The van der Waals surface area contributed by atoms with Gasteiger partial charge in [-0.2, -0.15) is 0 Å². The van der Waals surface area contributed by atoms with Crippen LogP contribution in [0.1, 0.15) is 22.3 Å². The van der Waals surface area contributed by atoms with Crippen molar-refractivity contribution in [2.24, 2.45) is 10.9 Å². The Morgan fingerprint density at radius 2 is 2.29 bits per heavy atom. The van der Waals surface area contributed by atoms with Gasteiger partial charge < -0.3 is 16.3 Å². The van der Waals surface area contributed by atoms with Gasteiger partial charge in [0.05, 0.1) is 5.56 Å². The number of rotatable bonds is 4. The SMILES string of the molecule is Cc1ccc(Br)c(C(=O)NCC/C(N)=N/O)c1. The maximum absolute atomic E-state index is 11.8. The summed E-state index contributed by atoms with van der Waals surface area (Å²) in [6.45, 7) is 2.24. The van der Waals surface area contributed by atoms with Crippen LogP contribution in [0.4, 0.5) is 0 Å². The van der Waals surface area contributed by atoms with Crippen LogP contribution in [0, 0.1) is 6.92 Å². The van der Waals surface area contributed by atoms with Crippen LogP contribution in [-0.4, -0.2) is 23.5 Å². The molecule has 0 saturated heterocycles. The molecule has 92 valence electrons. The molecule has 1 aromatic carbocycles. The Balaban J connectivity index is 2.61. The molecule has 6 heteroatoms. The van der Waals surface area contributed by atoms with E-state index in [0.29, 0.717) is 18.5 Å². The van der Waals surface area contributed by atoms with Gasteiger partial charge in [0.1, 0.15) is 5.84 Å². The quantitative estimate of drug-likeness (QED) is 0.342. The topological polar surface area (TPSA) is 87.7 Å². The molecule has 0 fully saturated rings. The number of hydrogen-bond donors (Lipinski definition) is 3. The number of halogens is 1. The van der Waals surface area contributed by atoms with Crippen LogP contribution in [-0.2, 0) is 0 Å². The van der Waals surface area contributed by atoms with Crippen molar-refractivity contribution >= 4 is 27.7 Å². The highest BCUT2D eigenvalue weighted by atomic mass is 79.9. The van der Waals surface area contributed by atoms with E-state index in [1.54, 1.807) is 6.07 Å². The van der Waals surface area contributed by atoms with Crippen LogP contribution in [0.3, 0.4) is 0 Å². The number of nitrogens with two attached hydrogens (primary N) is 1. The number of amides is 1. The van der Waals surface area contributed by atoms with Crippen LogP contribution < -0.4 is 11.1 Å². The highest BCUT2D eigenvalue weighted by Gasteiger charge is 2.09. The fraction of sp³-hybridized carbons (Fsp3) is 0.273. The van der Waals surface area contributed by atoms with Gasteiger partial charge in [0, 0.05) is 17.4 Å². The second-order valence-corrected chi connectivity index (χ2v) is 4.43.